The normalized spacial score (nSPS) is 24.7. The second kappa shape index (κ2) is 5.34. The van der Waals surface area contributed by atoms with Gasteiger partial charge in [0.2, 0.25) is 0 Å². The van der Waals surface area contributed by atoms with Gasteiger partial charge in [0.15, 0.2) is 5.78 Å². The van der Waals surface area contributed by atoms with E-state index in [4.69, 9.17) is 0 Å². The van der Waals surface area contributed by atoms with Crippen LogP contribution in [0.25, 0.3) is 0 Å². The summed E-state index contributed by atoms with van der Waals surface area (Å²) in [6, 6.07) is 12.7. The van der Waals surface area contributed by atoms with E-state index in [0.717, 1.165) is 23.2 Å². The summed E-state index contributed by atoms with van der Waals surface area (Å²) < 4.78 is 13.6. The molecule has 1 aliphatic carbocycles. The second-order valence-corrected chi connectivity index (χ2v) is 6.39. The summed E-state index contributed by atoms with van der Waals surface area (Å²) in [5.41, 5.74) is 3.93. The van der Waals surface area contributed by atoms with Crippen LogP contribution in [0.4, 0.5) is 10.1 Å². The van der Waals surface area contributed by atoms with E-state index in [0.29, 0.717) is 5.92 Å². The first-order chi connectivity index (χ1) is 11.1. The molecule has 116 valence electrons. The van der Waals surface area contributed by atoms with Gasteiger partial charge >= 0.3 is 0 Å². The molecule has 0 spiro atoms. The highest BCUT2D eigenvalue weighted by atomic mass is 19.1. The number of benzene rings is 2. The minimum absolute atomic E-state index is 0.0820. The number of Topliss-reactive ketones (excluding diaryl/α,β-unsaturated/α-hetero) is 1. The Kier molecular flexibility index (Phi) is 3.29. The molecular weight excluding hydrogens is 289 g/mol. The fraction of sp³-hybridized carbons (Fsp3) is 0.250. The van der Waals surface area contributed by atoms with Crippen molar-refractivity contribution in [2.24, 2.45) is 5.92 Å². The predicted octanol–water partition coefficient (Wildman–Crippen LogP) is 4.85. The standard InChI is InChI=1S/C20H18FNO/c1-12(23)13-8-9-19-18(11-13)16-6-3-7-17(16)20(22-19)14-4-2-5-15(21)10-14/h2-6,8-11,16-17,20,22H,7H2,1H3/t16-,17-,20-/m1/s1. The first-order valence-corrected chi connectivity index (χ1v) is 7.97. The molecule has 1 aliphatic heterocycles. The molecule has 0 radical (unpaired) electrons. The third-order valence-corrected chi connectivity index (χ3v) is 4.98. The molecular formula is C20H18FNO. The summed E-state index contributed by atoms with van der Waals surface area (Å²) >= 11 is 0. The number of ketones is 1. The quantitative estimate of drug-likeness (QED) is 0.634. The van der Waals surface area contributed by atoms with Crippen LogP contribution >= 0.6 is 0 Å². The molecule has 23 heavy (non-hydrogen) atoms. The van der Waals surface area contributed by atoms with Crippen molar-refractivity contribution >= 4 is 11.5 Å². The number of hydrogen-bond donors (Lipinski definition) is 1. The maximum absolute atomic E-state index is 13.6. The molecule has 2 nitrogen and oxygen atoms in total. The van der Waals surface area contributed by atoms with Gasteiger partial charge in [-0.3, -0.25) is 4.79 Å². The number of hydrogen-bond acceptors (Lipinski definition) is 2. The Morgan fingerprint density at radius 1 is 1.22 bits per heavy atom. The minimum Gasteiger partial charge on any atom is -0.378 e. The smallest absolute Gasteiger partial charge is 0.159 e. The molecule has 4 rings (SSSR count). The van der Waals surface area contributed by atoms with E-state index < -0.39 is 0 Å². The average Bonchev–Trinajstić information content (AvgIpc) is 3.03. The van der Waals surface area contributed by atoms with Crippen LogP contribution in [-0.4, -0.2) is 5.78 Å². The lowest BCUT2D eigenvalue weighted by Crippen LogP contribution is -2.29. The molecule has 1 N–H and O–H groups in total. The summed E-state index contributed by atoms with van der Waals surface area (Å²) in [6.07, 6.45) is 5.38. The molecule has 0 fully saturated rings. The first-order valence-electron chi connectivity index (χ1n) is 7.97. The number of carbonyl (C=O) groups excluding carboxylic acids is 1. The molecule has 0 aromatic heterocycles. The van der Waals surface area contributed by atoms with Crippen molar-refractivity contribution in [2.45, 2.75) is 25.3 Å². The molecule has 0 saturated carbocycles. The van der Waals surface area contributed by atoms with Gasteiger partial charge in [-0.25, -0.2) is 4.39 Å². The van der Waals surface area contributed by atoms with E-state index >= 15 is 0 Å². The van der Waals surface area contributed by atoms with Gasteiger partial charge < -0.3 is 5.32 Å². The first kappa shape index (κ1) is 14.2. The maximum atomic E-state index is 13.6. The average molecular weight is 307 g/mol. The van der Waals surface area contributed by atoms with Crippen molar-refractivity contribution in [3.63, 3.8) is 0 Å². The monoisotopic (exact) mass is 307 g/mol. The van der Waals surface area contributed by atoms with Crippen LogP contribution in [0.15, 0.2) is 54.6 Å². The van der Waals surface area contributed by atoms with Crippen LogP contribution in [0, 0.1) is 11.7 Å². The van der Waals surface area contributed by atoms with E-state index in [1.165, 1.54) is 11.6 Å². The van der Waals surface area contributed by atoms with E-state index in [-0.39, 0.29) is 23.6 Å². The topological polar surface area (TPSA) is 29.1 Å². The van der Waals surface area contributed by atoms with E-state index in [1.807, 2.05) is 24.3 Å². The number of fused-ring (bicyclic) bond motifs is 3. The number of rotatable bonds is 2. The number of halogens is 1. The Morgan fingerprint density at radius 2 is 2.09 bits per heavy atom. The highest BCUT2D eigenvalue weighted by Crippen LogP contribution is 2.49. The van der Waals surface area contributed by atoms with Gasteiger partial charge in [0.25, 0.3) is 0 Å². The molecule has 0 bridgehead atoms. The highest BCUT2D eigenvalue weighted by molar-refractivity contribution is 5.95. The fourth-order valence-corrected chi connectivity index (χ4v) is 3.84. The molecule has 2 aliphatic rings. The molecule has 3 atom stereocenters. The summed E-state index contributed by atoms with van der Waals surface area (Å²) in [4.78, 5) is 11.7. The van der Waals surface area contributed by atoms with Crippen LogP contribution in [0.5, 0.6) is 0 Å². The molecule has 2 aromatic rings. The van der Waals surface area contributed by atoms with E-state index in [9.17, 15) is 9.18 Å². The van der Waals surface area contributed by atoms with E-state index in [2.05, 4.69) is 17.5 Å². The van der Waals surface area contributed by atoms with Gasteiger partial charge in [-0.1, -0.05) is 24.3 Å². The molecule has 3 heteroatoms. The van der Waals surface area contributed by atoms with Gasteiger partial charge in [0.05, 0.1) is 6.04 Å². The third kappa shape index (κ3) is 2.37. The zero-order valence-corrected chi connectivity index (χ0v) is 12.9. The van der Waals surface area contributed by atoms with Gasteiger partial charge in [0.1, 0.15) is 5.82 Å². The Balaban J connectivity index is 1.79. The SMILES string of the molecule is CC(=O)c1ccc2c(c1)[C@@H]1C=CC[C@H]1[C@@H](c1cccc(F)c1)N2. The zero-order valence-electron chi connectivity index (χ0n) is 12.9. The summed E-state index contributed by atoms with van der Waals surface area (Å²) in [7, 11) is 0. The number of anilines is 1. The van der Waals surface area contributed by atoms with Crippen LogP contribution in [0.3, 0.4) is 0 Å². The van der Waals surface area contributed by atoms with Crippen molar-refractivity contribution < 1.29 is 9.18 Å². The molecule has 1 heterocycles. The Morgan fingerprint density at radius 3 is 2.87 bits per heavy atom. The summed E-state index contributed by atoms with van der Waals surface area (Å²) in [6.45, 7) is 1.59. The molecule has 0 unspecified atom stereocenters. The van der Waals surface area contributed by atoms with Crippen LogP contribution < -0.4 is 5.32 Å². The summed E-state index contributed by atoms with van der Waals surface area (Å²) in [5, 5.41) is 3.56. The van der Waals surface area contributed by atoms with Crippen molar-refractivity contribution in [2.75, 3.05) is 5.32 Å². The van der Waals surface area contributed by atoms with Crippen LogP contribution in [-0.2, 0) is 0 Å². The third-order valence-electron chi connectivity index (χ3n) is 4.98. The van der Waals surface area contributed by atoms with Crippen LogP contribution in [0.1, 0.15) is 46.8 Å². The highest BCUT2D eigenvalue weighted by Gasteiger charge is 2.38. The van der Waals surface area contributed by atoms with E-state index in [1.54, 1.807) is 19.1 Å². The van der Waals surface area contributed by atoms with Gasteiger partial charge in [-0.15, -0.1) is 0 Å². The minimum atomic E-state index is -0.204. The Bertz CT molecular complexity index is 811. The number of carbonyl (C=O) groups is 1. The fourth-order valence-electron chi connectivity index (χ4n) is 3.84. The lowest BCUT2D eigenvalue weighted by molar-refractivity contribution is 0.101. The predicted molar refractivity (Wildman–Crippen MR) is 89.2 cm³/mol. The Labute approximate surface area is 135 Å². The lowest BCUT2D eigenvalue weighted by atomic mass is 9.76. The van der Waals surface area contributed by atoms with Crippen molar-refractivity contribution in [3.8, 4) is 0 Å². The number of allylic oxidation sites excluding steroid dienone is 2. The zero-order chi connectivity index (χ0) is 16.0. The summed E-state index contributed by atoms with van der Waals surface area (Å²) in [5.74, 6) is 0.508. The van der Waals surface area contributed by atoms with Crippen molar-refractivity contribution in [3.05, 3.63) is 77.1 Å². The van der Waals surface area contributed by atoms with Crippen LogP contribution in [0.2, 0.25) is 0 Å². The number of nitrogens with one attached hydrogen (secondary N) is 1. The van der Waals surface area contributed by atoms with Crippen molar-refractivity contribution in [1.29, 1.82) is 0 Å². The molecule has 0 amide bonds. The van der Waals surface area contributed by atoms with Gasteiger partial charge in [-0.05, 0) is 60.7 Å². The second-order valence-electron chi connectivity index (χ2n) is 6.39. The molecule has 0 saturated heterocycles. The van der Waals surface area contributed by atoms with Gasteiger partial charge in [0, 0.05) is 17.2 Å². The molecule has 2 aromatic carbocycles. The maximum Gasteiger partial charge on any atom is 0.159 e. The van der Waals surface area contributed by atoms with Gasteiger partial charge in [-0.2, -0.15) is 0 Å². The van der Waals surface area contributed by atoms with Crippen molar-refractivity contribution in [1.82, 2.24) is 0 Å². The lowest BCUT2D eigenvalue weighted by Gasteiger charge is -2.37. The largest absolute Gasteiger partial charge is 0.378 e. The Hall–Kier alpha value is -2.42.